The molecule has 1 amide bonds. The number of nitrogens with zero attached hydrogens (tertiary/aromatic N) is 1. The summed E-state index contributed by atoms with van der Waals surface area (Å²) < 4.78 is 49.6. The Labute approximate surface area is 158 Å². The summed E-state index contributed by atoms with van der Waals surface area (Å²) in [6.45, 7) is 2.83. The molecule has 3 rings (SSSR count). The minimum absolute atomic E-state index is 0.00830. The second-order valence-corrected chi connectivity index (χ2v) is 6.21. The fourth-order valence-corrected chi connectivity index (χ4v) is 2.76. The van der Waals surface area contributed by atoms with Gasteiger partial charge in [-0.25, -0.2) is 0 Å². The lowest BCUT2D eigenvalue weighted by molar-refractivity contribution is -0.904. The Kier molecular flexibility index (Phi) is 5.84. The number of nitrogens with one attached hydrogen (secondary N) is 2. The number of halogens is 3. The van der Waals surface area contributed by atoms with Crippen molar-refractivity contribution in [2.45, 2.75) is 19.6 Å². The number of rotatable bonds is 7. The molecule has 28 heavy (non-hydrogen) atoms. The predicted octanol–water partition coefficient (Wildman–Crippen LogP) is 3.00. The number of carbonyl (C=O) groups excluding carboxylic acids is 1. The van der Waals surface area contributed by atoms with Crippen LogP contribution in [-0.4, -0.2) is 24.2 Å². The number of aromatic nitrogens is 1. The number of likely N-dealkylation sites (N-methyl/N-ethyl adjacent to an activating group) is 1. The van der Waals surface area contributed by atoms with Gasteiger partial charge in [-0.15, -0.1) is 0 Å². The van der Waals surface area contributed by atoms with Crippen molar-refractivity contribution in [2.75, 3.05) is 18.4 Å². The maximum absolute atomic E-state index is 13.1. The van der Waals surface area contributed by atoms with Gasteiger partial charge in [0.25, 0.3) is 5.91 Å². The second kappa shape index (κ2) is 8.30. The quantitative estimate of drug-likeness (QED) is 0.646. The summed E-state index contributed by atoms with van der Waals surface area (Å²) in [4.78, 5) is 13.1. The average molecular weight is 394 g/mol. The zero-order chi connectivity index (χ0) is 20.1. The highest BCUT2D eigenvalue weighted by molar-refractivity contribution is 5.92. The highest BCUT2D eigenvalue weighted by Gasteiger charge is 2.33. The summed E-state index contributed by atoms with van der Waals surface area (Å²) in [5.41, 5.74) is -0.510. The summed E-state index contributed by atoms with van der Waals surface area (Å²) in [6, 6.07) is 10.1. The summed E-state index contributed by atoms with van der Waals surface area (Å²) in [7, 11) is 0. The number of alkyl halides is 3. The maximum Gasteiger partial charge on any atom is 0.418 e. The van der Waals surface area contributed by atoms with Crippen molar-refractivity contribution >= 4 is 11.6 Å². The first kappa shape index (κ1) is 19.7. The maximum atomic E-state index is 13.1. The zero-order valence-electron chi connectivity index (χ0n) is 15.0. The van der Waals surface area contributed by atoms with E-state index in [-0.39, 0.29) is 12.2 Å². The molecule has 9 heteroatoms. The Hall–Kier alpha value is -3.07. The van der Waals surface area contributed by atoms with E-state index in [1.807, 2.05) is 6.92 Å². The summed E-state index contributed by atoms with van der Waals surface area (Å²) in [6.07, 6.45) is -3.02. The molecule has 0 aliphatic carbocycles. The van der Waals surface area contributed by atoms with Crippen LogP contribution >= 0.6 is 0 Å². The third-order valence-corrected chi connectivity index (χ3v) is 4.17. The van der Waals surface area contributed by atoms with E-state index in [1.54, 1.807) is 18.2 Å². The zero-order valence-corrected chi connectivity index (χ0v) is 15.0. The summed E-state index contributed by atoms with van der Waals surface area (Å²) in [5, 5.41) is 6.32. The van der Waals surface area contributed by atoms with Crippen molar-refractivity contribution in [2.24, 2.45) is 0 Å². The fourth-order valence-electron chi connectivity index (χ4n) is 2.76. The molecule has 0 saturated carbocycles. The van der Waals surface area contributed by atoms with Crippen LogP contribution in [0.4, 0.5) is 18.9 Å². The van der Waals surface area contributed by atoms with Crippen molar-refractivity contribution in [3.05, 3.63) is 60.0 Å². The highest BCUT2D eigenvalue weighted by Crippen LogP contribution is 2.34. The lowest BCUT2D eigenvalue weighted by atomic mass is 10.1. The van der Waals surface area contributed by atoms with Gasteiger partial charge in [0.1, 0.15) is 12.2 Å². The normalized spacial score (nSPS) is 12.7. The van der Waals surface area contributed by atoms with E-state index in [0.29, 0.717) is 30.3 Å². The van der Waals surface area contributed by atoms with Gasteiger partial charge in [-0.1, -0.05) is 17.3 Å². The molecule has 2 heterocycles. The van der Waals surface area contributed by atoms with Crippen LogP contribution in [0.25, 0.3) is 11.5 Å². The van der Waals surface area contributed by atoms with Crippen molar-refractivity contribution < 1.29 is 31.8 Å². The molecule has 148 valence electrons. The molecular formula is C19H19F3N3O3+. The van der Waals surface area contributed by atoms with Crippen LogP contribution in [0.15, 0.2) is 57.7 Å². The number of hydrogen-bond donors (Lipinski definition) is 2. The van der Waals surface area contributed by atoms with E-state index in [4.69, 9.17) is 8.94 Å². The third kappa shape index (κ3) is 4.80. The Morgan fingerprint density at radius 3 is 2.64 bits per heavy atom. The molecule has 1 aromatic carbocycles. The Morgan fingerprint density at radius 2 is 1.96 bits per heavy atom. The molecule has 6 nitrogen and oxygen atoms in total. The van der Waals surface area contributed by atoms with E-state index >= 15 is 0 Å². The van der Waals surface area contributed by atoms with Crippen LogP contribution < -0.4 is 10.2 Å². The number of anilines is 1. The number of furan rings is 1. The fraction of sp³-hybridized carbons (Fsp3) is 0.263. The molecule has 0 fully saturated rings. The first-order valence-electron chi connectivity index (χ1n) is 8.66. The molecule has 1 unspecified atom stereocenters. The number of quaternary nitrogens is 1. The summed E-state index contributed by atoms with van der Waals surface area (Å²) >= 11 is 0. The molecule has 0 bridgehead atoms. The number of para-hydroxylation sites is 1. The molecule has 1 atom stereocenters. The molecular weight excluding hydrogens is 375 g/mol. The van der Waals surface area contributed by atoms with E-state index < -0.39 is 17.6 Å². The molecule has 0 aliphatic rings. The molecule has 2 N–H and O–H groups in total. The lowest BCUT2D eigenvalue weighted by Gasteiger charge is -2.17. The monoisotopic (exact) mass is 394 g/mol. The van der Waals surface area contributed by atoms with Crippen molar-refractivity contribution in [3.63, 3.8) is 0 Å². The predicted molar refractivity (Wildman–Crippen MR) is 94.4 cm³/mol. The van der Waals surface area contributed by atoms with Crippen molar-refractivity contribution in [1.82, 2.24) is 5.16 Å². The van der Waals surface area contributed by atoms with Crippen LogP contribution in [-0.2, 0) is 17.5 Å². The Balaban J connectivity index is 1.63. The number of benzene rings is 1. The number of carbonyl (C=O) groups is 1. The first-order valence-corrected chi connectivity index (χ1v) is 8.66. The molecule has 0 spiro atoms. The smallest absolute Gasteiger partial charge is 0.418 e. The Morgan fingerprint density at radius 1 is 1.18 bits per heavy atom. The molecule has 3 aromatic rings. The third-order valence-electron chi connectivity index (χ3n) is 4.17. The van der Waals surface area contributed by atoms with Gasteiger partial charge in [0.05, 0.1) is 24.1 Å². The standard InChI is InChI=1S/C19H18F3N3O3/c1-2-25(11-13-10-17(28-24-13)16-8-5-9-27-16)12-18(26)23-15-7-4-3-6-14(15)19(20,21)22/h3-10H,2,11-12H2,1H3,(H,23,26)/p+1. The van der Waals surface area contributed by atoms with Crippen molar-refractivity contribution in [1.29, 1.82) is 0 Å². The van der Waals surface area contributed by atoms with E-state index in [0.717, 1.165) is 11.0 Å². The molecule has 0 saturated heterocycles. The van der Waals surface area contributed by atoms with E-state index in [2.05, 4.69) is 10.5 Å². The largest absolute Gasteiger partial charge is 0.461 e. The van der Waals surface area contributed by atoms with Crippen LogP contribution in [0.5, 0.6) is 0 Å². The van der Waals surface area contributed by atoms with E-state index in [9.17, 15) is 18.0 Å². The molecule has 0 aliphatic heterocycles. The van der Waals surface area contributed by atoms with E-state index in [1.165, 1.54) is 24.5 Å². The number of hydrogen-bond acceptors (Lipinski definition) is 4. The Bertz CT molecular complexity index is 920. The van der Waals surface area contributed by atoms with Gasteiger partial charge in [-0.2, -0.15) is 13.2 Å². The SMILES string of the molecule is CC[NH+](CC(=O)Nc1ccccc1C(F)(F)F)Cc1cc(-c2ccco2)on1. The van der Waals surface area contributed by atoms with Gasteiger partial charge in [0.15, 0.2) is 12.3 Å². The van der Waals surface area contributed by atoms with Crippen LogP contribution in [0.2, 0.25) is 0 Å². The minimum Gasteiger partial charge on any atom is -0.461 e. The van der Waals surface area contributed by atoms with Gasteiger partial charge in [0.2, 0.25) is 5.76 Å². The minimum atomic E-state index is -4.54. The summed E-state index contributed by atoms with van der Waals surface area (Å²) in [5.74, 6) is 0.501. The highest BCUT2D eigenvalue weighted by atomic mass is 19.4. The first-order chi connectivity index (χ1) is 13.4. The van der Waals surface area contributed by atoms with Crippen LogP contribution in [0.3, 0.4) is 0 Å². The van der Waals surface area contributed by atoms with Gasteiger partial charge in [-0.3, -0.25) is 4.79 Å². The molecule has 0 radical (unpaired) electrons. The van der Waals surface area contributed by atoms with Gasteiger partial charge in [-0.05, 0) is 31.2 Å². The van der Waals surface area contributed by atoms with Crippen LogP contribution in [0.1, 0.15) is 18.2 Å². The van der Waals surface area contributed by atoms with Gasteiger partial charge >= 0.3 is 6.18 Å². The van der Waals surface area contributed by atoms with Gasteiger partial charge in [0, 0.05) is 6.07 Å². The lowest BCUT2D eigenvalue weighted by Crippen LogP contribution is -3.11. The van der Waals surface area contributed by atoms with Gasteiger partial charge < -0.3 is 19.2 Å². The topological polar surface area (TPSA) is 72.7 Å². The molecule has 2 aromatic heterocycles. The number of amides is 1. The second-order valence-electron chi connectivity index (χ2n) is 6.21. The van der Waals surface area contributed by atoms with Crippen molar-refractivity contribution in [3.8, 4) is 11.5 Å². The average Bonchev–Trinajstić information content (AvgIpc) is 3.32. The van der Waals surface area contributed by atoms with Crippen LogP contribution in [0, 0.1) is 0 Å².